The summed E-state index contributed by atoms with van der Waals surface area (Å²) in [5.74, 6) is -0.312. The van der Waals surface area contributed by atoms with E-state index in [0.29, 0.717) is 0 Å². The first kappa shape index (κ1) is 10.9. The molecule has 16 heavy (non-hydrogen) atoms. The second-order valence-corrected chi connectivity index (χ2v) is 3.52. The Labute approximate surface area is 100 Å². The molecule has 0 atom stereocenters. The first-order valence-electron chi connectivity index (χ1n) is 4.20. The third kappa shape index (κ3) is 2.50. The number of nitrogens with one attached hydrogen (secondary N) is 1. The highest BCUT2D eigenvalue weighted by Gasteiger charge is 2.11. The molecule has 1 N–H and O–H groups in total. The molecule has 2 heterocycles. The molecule has 0 aromatic carbocycles. The summed E-state index contributed by atoms with van der Waals surface area (Å²) < 4.78 is 4.91. The van der Waals surface area contributed by atoms with Gasteiger partial charge in [0.25, 0.3) is 5.91 Å². The Kier molecular flexibility index (Phi) is 3.07. The predicted octanol–water partition coefficient (Wildman–Crippen LogP) is 2.63. The molecular weight excluding hydrogens is 253 g/mol. The van der Waals surface area contributed by atoms with E-state index in [4.69, 9.17) is 27.6 Å². The summed E-state index contributed by atoms with van der Waals surface area (Å²) >= 11 is 11.2. The Morgan fingerprint density at radius 2 is 2.12 bits per heavy atom. The number of carbonyl (C=O) groups excluding carboxylic acids is 1. The van der Waals surface area contributed by atoms with Crippen molar-refractivity contribution in [3.05, 3.63) is 40.5 Å². The average Bonchev–Trinajstić information content (AvgIpc) is 2.65. The minimum Gasteiger partial charge on any atom is -0.440 e. The summed E-state index contributed by atoms with van der Waals surface area (Å²) in [6.07, 6.45) is 1.43. The number of hydrogen-bond donors (Lipinski definition) is 1. The lowest BCUT2D eigenvalue weighted by Crippen LogP contribution is -2.13. The van der Waals surface area contributed by atoms with E-state index in [0.717, 1.165) is 0 Å². The molecule has 82 valence electrons. The predicted molar refractivity (Wildman–Crippen MR) is 58.7 cm³/mol. The Morgan fingerprint density at radius 3 is 2.75 bits per heavy atom. The van der Waals surface area contributed by atoms with Gasteiger partial charge in [0.2, 0.25) is 5.95 Å². The Balaban J connectivity index is 2.13. The lowest BCUT2D eigenvalue weighted by atomic mass is 10.4. The van der Waals surface area contributed by atoms with Crippen molar-refractivity contribution in [2.75, 3.05) is 5.32 Å². The van der Waals surface area contributed by atoms with Gasteiger partial charge in [-0.1, -0.05) is 11.6 Å². The number of nitrogens with zero attached hydrogens (tertiary/aromatic N) is 2. The molecule has 7 heteroatoms. The molecule has 0 fully saturated rings. The van der Waals surface area contributed by atoms with Crippen molar-refractivity contribution in [3.8, 4) is 0 Å². The van der Waals surface area contributed by atoms with Crippen LogP contribution in [0.15, 0.2) is 28.8 Å². The van der Waals surface area contributed by atoms with Crippen LogP contribution in [0.25, 0.3) is 0 Å². The highest BCUT2D eigenvalue weighted by Crippen LogP contribution is 2.14. The topological polar surface area (TPSA) is 68.0 Å². The number of amides is 1. The van der Waals surface area contributed by atoms with Gasteiger partial charge in [0.05, 0.1) is 0 Å². The maximum absolute atomic E-state index is 11.6. The molecular formula is C9H5Cl2N3O2. The van der Waals surface area contributed by atoms with Gasteiger partial charge < -0.3 is 4.42 Å². The SMILES string of the molecule is O=C(Nc1nccc(Cl)n1)c1ccc(Cl)o1. The number of rotatable bonds is 2. The van der Waals surface area contributed by atoms with Gasteiger partial charge in [0, 0.05) is 6.20 Å². The molecule has 5 nitrogen and oxygen atoms in total. The zero-order valence-corrected chi connectivity index (χ0v) is 9.29. The Bertz CT molecular complexity index is 527. The molecule has 2 aromatic heterocycles. The standard InChI is InChI=1S/C9H5Cl2N3O2/c10-6-3-4-12-9(13-6)14-8(15)5-1-2-7(11)16-5/h1-4H,(H,12,13,14,15). The van der Waals surface area contributed by atoms with Crippen molar-refractivity contribution < 1.29 is 9.21 Å². The smallest absolute Gasteiger partial charge is 0.293 e. The molecule has 1 amide bonds. The summed E-state index contributed by atoms with van der Waals surface area (Å²) in [4.78, 5) is 19.2. The molecule has 0 saturated carbocycles. The number of furan rings is 1. The van der Waals surface area contributed by atoms with Gasteiger partial charge in [-0.3, -0.25) is 10.1 Å². The van der Waals surface area contributed by atoms with Crippen molar-refractivity contribution in [2.24, 2.45) is 0 Å². The second kappa shape index (κ2) is 4.51. The number of anilines is 1. The fourth-order valence-corrected chi connectivity index (χ4v) is 1.28. The minimum absolute atomic E-state index is 0.0774. The zero-order valence-electron chi connectivity index (χ0n) is 7.78. The van der Waals surface area contributed by atoms with Crippen LogP contribution >= 0.6 is 23.2 Å². The minimum atomic E-state index is -0.492. The summed E-state index contributed by atoms with van der Waals surface area (Å²) in [7, 11) is 0. The summed E-state index contributed by atoms with van der Waals surface area (Å²) in [5.41, 5.74) is 0. The van der Waals surface area contributed by atoms with Gasteiger partial charge >= 0.3 is 0 Å². The van der Waals surface area contributed by atoms with Gasteiger partial charge in [-0.15, -0.1) is 0 Å². The fraction of sp³-hybridized carbons (Fsp3) is 0. The third-order valence-electron chi connectivity index (χ3n) is 1.64. The number of aromatic nitrogens is 2. The van der Waals surface area contributed by atoms with Crippen LogP contribution in [0, 0.1) is 0 Å². The van der Waals surface area contributed by atoms with E-state index in [9.17, 15) is 4.79 Å². The molecule has 0 aliphatic rings. The number of hydrogen-bond acceptors (Lipinski definition) is 4. The van der Waals surface area contributed by atoms with Gasteiger partial charge in [-0.05, 0) is 29.8 Å². The quantitative estimate of drug-likeness (QED) is 0.840. The molecule has 0 radical (unpaired) electrons. The molecule has 0 bridgehead atoms. The molecule has 0 spiro atoms. The van der Waals surface area contributed by atoms with Crippen LogP contribution in [0.5, 0.6) is 0 Å². The van der Waals surface area contributed by atoms with Crippen LogP contribution in [0.1, 0.15) is 10.6 Å². The lowest BCUT2D eigenvalue weighted by Gasteiger charge is -2.00. The van der Waals surface area contributed by atoms with Crippen LogP contribution in [0.4, 0.5) is 5.95 Å². The molecule has 2 rings (SSSR count). The maximum atomic E-state index is 11.6. The van der Waals surface area contributed by atoms with Crippen molar-refractivity contribution in [2.45, 2.75) is 0 Å². The first-order chi connectivity index (χ1) is 7.65. The Hall–Kier alpha value is -1.59. The second-order valence-electron chi connectivity index (χ2n) is 2.76. The molecule has 0 saturated heterocycles. The van der Waals surface area contributed by atoms with Crippen LogP contribution in [-0.2, 0) is 0 Å². The fourth-order valence-electron chi connectivity index (χ4n) is 0.996. The van der Waals surface area contributed by atoms with E-state index >= 15 is 0 Å². The monoisotopic (exact) mass is 257 g/mol. The van der Waals surface area contributed by atoms with Gasteiger partial charge in [0.15, 0.2) is 11.0 Å². The van der Waals surface area contributed by atoms with Crippen molar-refractivity contribution in [3.63, 3.8) is 0 Å². The van der Waals surface area contributed by atoms with Crippen LogP contribution in [-0.4, -0.2) is 15.9 Å². The van der Waals surface area contributed by atoms with E-state index in [1.54, 1.807) is 0 Å². The van der Waals surface area contributed by atoms with Crippen molar-refractivity contribution in [1.82, 2.24) is 9.97 Å². The normalized spacial score (nSPS) is 10.1. The van der Waals surface area contributed by atoms with Crippen molar-refractivity contribution >= 4 is 35.1 Å². The highest BCUT2D eigenvalue weighted by atomic mass is 35.5. The zero-order chi connectivity index (χ0) is 11.5. The number of halogens is 2. The van der Waals surface area contributed by atoms with E-state index in [2.05, 4.69) is 15.3 Å². The van der Waals surface area contributed by atoms with E-state index in [1.807, 2.05) is 0 Å². The molecule has 2 aromatic rings. The van der Waals surface area contributed by atoms with Gasteiger partial charge in [-0.2, -0.15) is 0 Å². The summed E-state index contributed by atoms with van der Waals surface area (Å²) in [5, 5.41) is 2.79. The number of carbonyl (C=O) groups is 1. The van der Waals surface area contributed by atoms with E-state index in [-0.39, 0.29) is 22.1 Å². The first-order valence-corrected chi connectivity index (χ1v) is 4.96. The van der Waals surface area contributed by atoms with Crippen LogP contribution < -0.4 is 5.32 Å². The molecule has 0 unspecified atom stereocenters. The maximum Gasteiger partial charge on any atom is 0.293 e. The third-order valence-corrected chi connectivity index (χ3v) is 2.06. The summed E-state index contributed by atoms with van der Waals surface area (Å²) in [6.45, 7) is 0. The van der Waals surface area contributed by atoms with Crippen molar-refractivity contribution in [1.29, 1.82) is 0 Å². The van der Waals surface area contributed by atoms with E-state index < -0.39 is 5.91 Å². The van der Waals surface area contributed by atoms with E-state index in [1.165, 1.54) is 24.4 Å². The lowest BCUT2D eigenvalue weighted by molar-refractivity contribution is 0.0996. The van der Waals surface area contributed by atoms with Gasteiger partial charge in [-0.25, -0.2) is 9.97 Å². The molecule has 0 aliphatic heterocycles. The average molecular weight is 258 g/mol. The van der Waals surface area contributed by atoms with Gasteiger partial charge in [0.1, 0.15) is 5.15 Å². The molecule has 0 aliphatic carbocycles. The van der Waals surface area contributed by atoms with Crippen LogP contribution in [0.3, 0.4) is 0 Å². The van der Waals surface area contributed by atoms with Crippen LogP contribution in [0.2, 0.25) is 10.4 Å². The summed E-state index contributed by atoms with van der Waals surface area (Å²) in [6, 6.07) is 4.42. The highest BCUT2D eigenvalue weighted by molar-refractivity contribution is 6.29. The largest absolute Gasteiger partial charge is 0.440 e. The Morgan fingerprint density at radius 1 is 1.31 bits per heavy atom.